The van der Waals surface area contributed by atoms with Crippen molar-refractivity contribution in [2.45, 2.75) is 31.7 Å². The van der Waals surface area contributed by atoms with Gasteiger partial charge in [0.15, 0.2) is 0 Å². The summed E-state index contributed by atoms with van der Waals surface area (Å²) in [6, 6.07) is 7.43. The van der Waals surface area contributed by atoms with Crippen LogP contribution in [0.15, 0.2) is 29.1 Å². The number of aromatic nitrogens is 2. The summed E-state index contributed by atoms with van der Waals surface area (Å²) in [6.45, 7) is 4.13. The lowest BCUT2D eigenvalue weighted by atomic mass is 10.1. The highest BCUT2D eigenvalue weighted by Gasteiger charge is 2.19. The van der Waals surface area contributed by atoms with Crippen LogP contribution in [0.2, 0.25) is 0 Å². The standard InChI is InChI=1S/C16H19ClN2O2/c1-11(17)15-18-14-5-3-2-4-13(14)16(20)19(15)8-6-12-7-9-21-10-12/h2-5,11-12H,6-10H2,1H3. The van der Waals surface area contributed by atoms with Gasteiger partial charge in [-0.2, -0.15) is 0 Å². The fourth-order valence-electron chi connectivity index (χ4n) is 2.83. The fourth-order valence-corrected chi connectivity index (χ4v) is 2.99. The van der Waals surface area contributed by atoms with Crippen molar-refractivity contribution in [1.29, 1.82) is 0 Å². The molecule has 2 aromatic rings. The molecule has 1 fully saturated rings. The third kappa shape index (κ3) is 2.97. The van der Waals surface area contributed by atoms with Crippen molar-refractivity contribution < 1.29 is 4.74 Å². The highest BCUT2D eigenvalue weighted by Crippen LogP contribution is 2.21. The molecule has 0 radical (unpaired) electrons. The van der Waals surface area contributed by atoms with Crippen molar-refractivity contribution in [2.75, 3.05) is 13.2 Å². The van der Waals surface area contributed by atoms with Gasteiger partial charge in [0.2, 0.25) is 0 Å². The van der Waals surface area contributed by atoms with Gasteiger partial charge in [-0.1, -0.05) is 12.1 Å². The number of fused-ring (bicyclic) bond motifs is 1. The number of alkyl halides is 1. The summed E-state index contributed by atoms with van der Waals surface area (Å²) in [6.07, 6.45) is 2.00. The third-order valence-corrected chi connectivity index (χ3v) is 4.23. The number of ether oxygens (including phenoxy) is 1. The second-order valence-corrected chi connectivity index (χ2v) is 6.23. The third-order valence-electron chi connectivity index (χ3n) is 4.03. The summed E-state index contributed by atoms with van der Waals surface area (Å²) < 4.78 is 7.13. The zero-order valence-electron chi connectivity index (χ0n) is 12.1. The van der Waals surface area contributed by atoms with E-state index in [1.54, 1.807) is 4.57 Å². The molecule has 0 aliphatic carbocycles. The van der Waals surface area contributed by atoms with Crippen molar-refractivity contribution in [3.63, 3.8) is 0 Å². The second kappa shape index (κ2) is 6.16. The van der Waals surface area contributed by atoms with Gasteiger partial charge >= 0.3 is 0 Å². The summed E-state index contributed by atoms with van der Waals surface area (Å²) in [4.78, 5) is 17.3. The van der Waals surface area contributed by atoms with Crippen LogP contribution in [-0.4, -0.2) is 22.8 Å². The molecule has 2 heterocycles. The Balaban J connectivity index is 1.99. The van der Waals surface area contributed by atoms with E-state index in [4.69, 9.17) is 16.3 Å². The molecule has 1 aromatic carbocycles. The maximum atomic E-state index is 12.7. The highest BCUT2D eigenvalue weighted by molar-refractivity contribution is 6.20. The Hall–Kier alpha value is -1.39. The predicted molar refractivity (Wildman–Crippen MR) is 83.8 cm³/mol. The lowest BCUT2D eigenvalue weighted by Gasteiger charge is -2.16. The minimum atomic E-state index is -0.290. The highest BCUT2D eigenvalue weighted by atomic mass is 35.5. The van der Waals surface area contributed by atoms with Crippen LogP contribution in [0.4, 0.5) is 0 Å². The van der Waals surface area contributed by atoms with E-state index < -0.39 is 0 Å². The van der Waals surface area contributed by atoms with Crippen LogP contribution in [0.3, 0.4) is 0 Å². The SMILES string of the molecule is CC(Cl)c1nc2ccccc2c(=O)n1CCC1CCOC1. The van der Waals surface area contributed by atoms with E-state index in [0.29, 0.717) is 29.2 Å². The van der Waals surface area contributed by atoms with Crippen LogP contribution < -0.4 is 5.56 Å². The van der Waals surface area contributed by atoms with E-state index >= 15 is 0 Å². The monoisotopic (exact) mass is 306 g/mol. The molecule has 0 amide bonds. The number of hydrogen-bond acceptors (Lipinski definition) is 3. The van der Waals surface area contributed by atoms with E-state index in [0.717, 1.165) is 26.1 Å². The summed E-state index contributed by atoms with van der Waals surface area (Å²) >= 11 is 6.23. The number of rotatable bonds is 4. The lowest BCUT2D eigenvalue weighted by molar-refractivity contribution is 0.183. The van der Waals surface area contributed by atoms with Crippen molar-refractivity contribution in [1.82, 2.24) is 9.55 Å². The zero-order chi connectivity index (χ0) is 14.8. The van der Waals surface area contributed by atoms with Crippen LogP contribution in [0.25, 0.3) is 10.9 Å². The summed E-state index contributed by atoms with van der Waals surface area (Å²) in [5.41, 5.74) is 0.715. The quantitative estimate of drug-likeness (QED) is 0.815. The first kappa shape index (κ1) is 14.5. The van der Waals surface area contributed by atoms with E-state index in [1.807, 2.05) is 31.2 Å². The molecule has 1 saturated heterocycles. The Morgan fingerprint density at radius 2 is 2.29 bits per heavy atom. The molecule has 112 valence electrons. The van der Waals surface area contributed by atoms with Crippen molar-refractivity contribution in [3.8, 4) is 0 Å². The van der Waals surface area contributed by atoms with Crippen LogP contribution in [0, 0.1) is 5.92 Å². The Morgan fingerprint density at radius 3 is 3.00 bits per heavy atom. The Bertz CT molecular complexity index is 690. The molecule has 0 bridgehead atoms. The number of para-hydroxylation sites is 1. The molecule has 1 aliphatic heterocycles. The maximum Gasteiger partial charge on any atom is 0.261 e. The van der Waals surface area contributed by atoms with E-state index in [1.165, 1.54) is 0 Å². The predicted octanol–water partition coefficient (Wildman–Crippen LogP) is 3.12. The molecular weight excluding hydrogens is 288 g/mol. The Kier molecular flexibility index (Phi) is 4.27. The minimum Gasteiger partial charge on any atom is -0.381 e. The minimum absolute atomic E-state index is 0.00187. The summed E-state index contributed by atoms with van der Waals surface area (Å²) in [5.74, 6) is 1.18. The molecule has 1 aromatic heterocycles. The number of benzene rings is 1. The number of hydrogen-bond donors (Lipinski definition) is 0. The number of halogens is 1. The van der Waals surface area contributed by atoms with Gasteiger partial charge in [-0.3, -0.25) is 9.36 Å². The largest absolute Gasteiger partial charge is 0.381 e. The first-order valence-electron chi connectivity index (χ1n) is 7.38. The Labute approximate surface area is 128 Å². The lowest BCUT2D eigenvalue weighted by Crippen LogP contribution is -2.27. The summed E-state index contributed by atoms with van der Waals surface area (Å²) in [5, 5.41) is 0.364. The van der Waals surface area contributed by atoms with Crippen molar-refractivity contribution >= 4 is 22.5 Å². The molecule has 3 rings (SSSR count). The molecular formula is C16H19ClN2O2. The normalized spacial score (nSPS) is 20.0. The first-order valence-corrected chi connectivity index (χ1v) is 7.81. The summed E-state index contributed by atoms with van der Waals surface area (Å²) in [7, 11) is 0. The van der Waals surface area contributed by atoms with Gasteiger partial charge in [-0.15, -0.1) is 11.6 Å². The molecule has 5 heteroatoms. The first-order chi connectivity index (χ1) is 10.2. The Morgan fingerprint density at radius 1 is 1.48 bits per heavy atom. The molecule has 1 aliphatic rings. The topological polar surface area (TPSA) is 44.1 Å². The van der Waals surface area contributed by atoms with Gasteiger partial charge < -0.3 is 4.74 Å². The molecule has 2 atom stereocenters. The molecule has 0 spiro atoms. The van der Waals surface area contributed by atoms with Crippen LogP contribution >= 0.6 is 11.6 Å². The average Bonchev–Trinajstić information content (AvgIpc) is 2.99. The zero-order valence-corrected chi connectivity index (χ0v) is 12.8. The van der Waals surface area contributed by atoms with Gasteiger partial charge in [0.25, 0.3) is 5.56 Å². The fraction of sp³-hybridized carbons (Fsp3) is 0.500. The maximum absolute atomic E-state index is 12.7. The van der Waals surface area contributed by atoms with Crippen molar-refractivity contribution in [3.05, 3.63) is 40.4 Å². The van der Waals surface area contributed by atoms with Gasteiger partial charge in [0, 0.05) is 19.8 Å². The molecule has 21 heavy (non-hydrogen) atoms. The molecule has 2 unspecified atom stereocenters. The van der Waals surface area contributed by atoms with Crippen LogP contribution in [-0.2, 0) is 11.3 Å². The molecule has 0 N–H and O–H groups in total. The van der Waals surface area contributed by atoms with Gasteiger partial charge in [0.1, 0.15) is 5.82 Å². The van der Waals surface area contributed by atoms with Gasteiger partial charge in [0.05, 0.1) is 16.3 Å². The van der Waals surface area contributed by atoms with Crippen LogP contribution in [0.1, 0.15) is 31.0 Å². The smallest absolute Gasteiger partial charge is 0.261 e. The van der Waals surface area contributed by atoms with Crippen LogP contribution in [0.5, 0.6) is 0 Å². The molecule has 0 saturated carbocycles. The second-order valence-electron chi connectivity index (χ2n) is 5.58. The van der Waals surface area contributed by atoms with E-state index in [2.05, 4.69) is 4.98 Å². The van der Waals surface area contributed by atoms with E-state index in [-0.39, 0.29) is 10.9 Å². The van der Waals surface area contributed by atoms with Gasteiger partial charge in [-0.25, -0.2) is 4.98 Å². The number of nitrogens with zero attached hydrogens (tertiary/aromatic N) is 2. The van der Waals surface area contributed by atoms with Crippen molar-refractivity contribution in [2.24, 2.45) is 5.92 Å². The van der Waals surface area contributed by atoms with Gasteiger partial charge in [-0.05, 0) is 37.8 Å². The average molecular weight is 307 g/mol. The van der Waals surface area contributed by atoms with E-state index in [9.17, 15) is 4.79 Å². The molecule has 4 nitrogen and oxygen atoms in total.